The van der Waals surface area contributed by atoms with Crippen molar-refractivity contribution in [1.29, 1.82) is 0 Å². The van der Waals surface area contributed by atoms with E-state index in [4.69, 9.17) is 11.5 Å². The van der Waals surface area contributed by atoms with Crippen molar-refractivity contribution in [3.05, 3.63) is 23.8 Å². The predicted octanol–water partition coefficient (Wildman–Crippen LogP) is 0.0655. The highest BCUT2D eigenvalue weighted by molar-refractivity contribution is 5.89. The van der Waals surface area contributed by atoms with Crippen LogP contribution in [0.5, 0.6) is 5.75 Å². The Bertz CT molecular complexity index is 421. The number of benzene rings is 1. The number of hydrogen-bond donors (Lipinski definition) is 3. The van der Waals surface area contributed by atoms with Crippen molar-refractivity contribution in [3.8, 4) is 5.75 Å². The first-order valence-electron chi connectivity index (χ1n) is 4.63. The second kappa shape index (κ2) is 5.01. The van der Waals surface area contributed by atoms with Crippen LogP contribution in [-0.2, 0) is 0 Å². The fourth-order valence-corrected chi connectivity index (χ4v) is 1.21. The number of aromatic hydroxyl groups is 1. The molecule has 0 unspecified atom stereocenters. The number of guanidine groups is 1. The molecule has 0 aliphatic rings. The molecular formula is C10H15N5O. The summed E-state index contributed by atoms with van der Waals surface area (Å²) in [6.45, 7) is 0. The summed E-state index contributed by atoms with van der Waals surface area (Å²) in [5.74, 6) is 0.0551. The number of anilines is 1. The molecule has 0 heterocycles. The molecule has 1 aromatic carbocycles. The molecule has 16 heavy (non-hydrogen) atoms. The van der Waals surface area contributed by atoms with E-state index in [1.165, 1.54) is 6.21 Å². The van der Waals surface area contributed by atoms with Gasteiger partial charge in [0.2, 0.25) is 5.96 Å². The molecule has 86 valence electrons. The van der Waals surface area contributed by atoms with E-state index in [1.54, 1.807) is 18.2 Å². The molecule has 0 aromatic heterocycles. The third-order valence-electron chi connectivity index (χ3n) is 1.86. The Morgan fingerprint density at radius 1 is 1.38 bits per heavy atom. The van der Waals surface area contributed by atoms with Gasteiger partial charge < -0.3 is 21.5 Å². The van der Waals surface area contributed by atoms with E-state index >= 15 is 0 Å². The standard InChI is InChI=1S/C10H15N5O/c1-15(2)9-4-3-8(16)5-7(9)6-13-14-10(11)12/h3-6,16H,1-2H3,(H4,11,12,14). The first-order valence-corrected chi connectivity index (χ1v) is 4.63. The van der Waals surface area contributed by atoms with E-state index in [9.17, 15) is 5.11 Å². The monoisotopic (exact) mass is 221 g/mol. The number of phenolic OH excluding ortho intramolecular Hbond substituents is 1. The minimum absolute atomic E-state index is 0.109. The quantitative estimate of drug-likeness (QED) is 0.382. The summed E-state index contributed by atoms with van der Waals surface area (Å²) < 4.78 is 0. The Balaban J connectivity index is 3.06. The van der Waals surface area contributed by atoms with E-state index in [1.807, 2.05) is 19.0 Å². The van der Waals surface area contributed by atoms with Crippen LogP contribution < -0.4 is 16.4 Å². The highest BCUT2D eigenvalue weighted by Crippen LogP contribution is 2.21. The molecule has 1 aromatic rings. The highest BCUT2D eigenvalue weighted by Gasteiger charge is 2.03. The summed E-state index contributed by atoms with van der Waals surface area (Å²) in [4.78, 5) is 1.90. The summed E-state index contributed by atoms with van der Waals surface area (Å²) >= 11 is 0. The van der Waals surface area contributed by atoms with Crippen molar-refractivity contribution in [2.45, 2.75) is 0 Å². The molecule has 0 radical (unpaired) electrons. The molecule has 0 saturated heterocycles. The zero-order valence-corrected chi connectivity index (χ0v) is 9.25. The fourth-order valence-electron chi connectivity index (χ4n) is 1.21. The summed E-state index contributed by atoms with van der Waals surface area (Å²) in [6.07, 6.45) is 1.48. The van der Waals surface area contributed by atoms with Gasteiger partial charge in [-0.15, -0.1) is 5.10 Å². The van der Waals surface area contributed by atoms with Crippen LogP contribution in [0.2, 0.25) is 0 Å². The molecule has 1 rings (SSSR count). The normalized spacial score (nSPS) is 10.4. The summed E-state index contributed by atoms with van der Waals surface area (Å²) in [5.41, 5.74) is 11.9. The molecule has 0 saturated carbocycles. The van der Waals surface area contributed by atoms with Gasteiger partial charge in [-0.1, -0.05) is 0 Å². The van der Waals surface area contributed by atoms with Gasteiger partial charge in [0.15, 0.2) is 0 Å². The van der Waals surface area contributed by atoms with Gasteiger partial charge in [0.25, 0.3) is 0 Å². The van der Waals surface area contributed by atoms with Crippen molar-refractivity contribution in [3.63, 3.8) is 0 Å². The number of phenols is 1. The van der Waals surface area contributed by atoms with E-state index in [0.717, 1.165) is 11.3 Å². The van der Waals surface area contributed by atoms with Gasteiger partial charge in [-0.3, -0.25) is 0 Å². The Kier molecular flexibility index (Phi) is 3.71. The molecule has 5 N–H and O–H groups in total. The van der Waals surface area contributed by atoms with Crippen molar-refractivity contribution in [2.75, 3.05) is 19.0 Å². The molecule has 0 amide bonds. The van der Waals surface area contributed by atoms with Crippen molar-refractivity contribution < 1.29 is 5.11 Å². The smallest absolute Gasteiger partial charge is 0.211 e. The largest absolute Gasteiger partial charge is 0.508 e. The van der Waals surface area contributed by atoms with Crippen LogP contribution in [0, 0.1) is 0 Å². The van der Waals surface area contributed by atoms with Crippen LogP contribution in [0.15, 0.2) is 28.4 Å². The van der Waals surface area contributed by atoms with Crippen molar-refractivity contribution in [1.82, 2.24) is 0 Å². The molecule has 0 bridgehead atoms. The second-order valence-electron chi connectivity index (χ2n) is 3.41. The lowest BCUT2D eigenvalue weighted by molar-refractivity contribution is 0.475. The average Bonchev–Trinajstić information content (AvgIpc) is 2.16. The minimum Gasteiger partial charge on any atom is -0.508 e. The van der Waals surface area contributed by atoms with E-state index in [2.05, 4.69) is 10.2 Å². The predicted molar refractivity (Wildman–Crippen MR) is 65.8 cm³/mol. The highest BCUT2D eigenvalue weighted by atomic mass is 16.3. The maximum absolute atomic E-state index is 9.36. The Hall–Kier alpha value is -2.24. The van der Waals surface area contributed by atoms with Crippen LogP contribution in [0.25, 0.3) is 0 Å². The number of nitrogens with zero attached hydrogens (tertiary/aromatic N) is 3. The first kappa shape index (κ1) is 11.8. The van der Waals surface area contributed by atoms with Crippen molar-refractivity contribution >= 4 is 17.9 Å². The van der Waals surface area contributed by atoms with Gasteiger partial charge in [-0.25, -0.2) is 0 Å². The third-order valence-corrected chi connectivity index (χ3v) is 1.86. The molecule has 6 heteroatoms. The molecule has 0 spiro atoms. The molecule has 0 fully saturated rings. The van der Waals surface area contributed by atoms with Crippen molar-refractivity contribution in [2.24, 2.45) is 21.7 Å². The summed E-state index contributed by atoms with van der Waals surface area (Å²) in [7, 11) is 3.79. The molecule has 6 nitrogen and oxygen atoms in total. The van der Waals surface area contributed by atoms with Crippen LogP contribution >= 0.6 is 0 Å². The lowest BCUT2D eigenvalue weighted by Crippen LogP contribution is -2.21. The molecule has 0 aliphatic carbocycles. The lowest BCUT2D eigenvalue weighted by atomic mass is 10.1. The van der Waals surface area contributed by atoms with E-state index < -0.39 is 0 Å². The van der Waals surface area contributed by atoms with Crippen LogP contribution in [0.3, 0.4) is 0 Å². The Morgan fingerprint density at radius 3 is 2.62 bits per heavy atom. The third kappa shape index (κ3) is 3.16. The zero-order valence-electron chi connectivity index (χ0n) is 9.25. The van der Waals surface area contributed by atoms with E-state index in [-0.39, 0.29) is 11.7 Å². The van der Waals surface area contributed by atoms with Crippen LogP contribution in [0.4, 0.5) is 5.69 Å². The average molecular weight is 221 g/mol. The summed E-state index contributed by atoms with van der Waals surface area (Å²) in [6, 6.07) is 4.97. The first-order chi connectivity index (χ1) is 7.50. The maximum Gasteiger partial charge on any atom is 0.211 e. The minimum atomic E-state index is -0.109. The SMILES string of the molecule is CN(C)c1ccc(O)cc1C=NN=C(N)N. The van der Waals surface area contributed by atoms with Gasteiger partial charge in [-0.2, -0.15) is 5.10 Å². The fraction of sp³-hybridized carbons (Fsp3) is 0.200. The topological polar surface area (TPSA) is 100 Å². The Labute approximate surface area is 93.9 Å². The van der Waals surface area contributed by atoms with Gasteiger partial charge >= 0.3 is 0 Å². The van der Waals surface area contributed by atoms with Gasteiger partial charge in [0, 0.05) is 25.3 Å². The second-order valence-corrected chi connectivity index (χ2v) is 3.41. The lowest BCUT2D eigenvalue weighted by Gasteiger charge is -2.15. The molecule has 0 aliphatic heterocycles. The van der Waals surface area contributed by atoms with Gasteiger partial charge in [-0.05, 0) is 18.2 Å². The number of rotatable bonds is 3. The number of hydrogen-bond acceptors (Lipinski definition) is 4. The maximum atomic E-state index is 9.36. The zero-order chi connectivity index (χ0) is 12.1. The van der Waals surface area contributed by atoms with Crippen LogP contribution in [0.1, 0.15) is 5.56 Å². The van der Waals surface area contributed by atoms with Gasteiger partial charge in [0.1, 0.15) is 5.75 Å². The summed E-state index contributed by atoms with van der Waals surface area (Å²) in [5, 5.41) is 16.6. The van der Waals surface area contributed by atoms with Crippen LogP contribution in [-0.4, -0.2) is 31.4 Å². The van der Waals surface area contributed by atoms with Gasteiger partial charge in [0.05, 0.1) is 6.21 Å². The van der Waals surface area contributed by atoms with E-state index in [0.29, 0.717) is 0 Å². The molecular weight excluding hydrogens is 206 g/mol. The number of nitrogens with two attached hydrogens (primary N) is 2. The Morgan fingerprint density at radius 2 is 2.06 bits per heavy atom. The molecule has 0 atom stereocenters.